The molecule has 2 N–H and O–H groups in total. The summed E-state index contributed by atoms with van der Waals surface area (Å²) in [4.78, 5) is 21.4. The van der Waals surface area contributed by atoms with Crippen molar-refractivity contribution in [3.63, 3.8) is 0 Å². The summed E-state index contributed by atoms with van der Waals surface area (Å²) in [5.41, 5.74) is 6.60. The molecule has 160 valence electrons. The van der Waals surface area contributed by atoms with Crippen molar-refractivity contribution in [2.45, 2.75) is 18.8 Å². The van der Waals surface area contributed by atoms with Gasteiger partial charge in [0.25, 0.3) is 5.91 Å². The molecule has 1 unspecified atom stereocenters. The molecule has 0 saturated heterocycles. The fourth-order valence-electron chi connectivity index (χ4n) is 4.50. The summed E-state index contributed by atoms with van der Waals surface area (Å²) in [6.07, 6.45) is 5.30. The summed E-state index contributed by atoms with van der Waals surface area (Å²) in [6, 6.07) is 21.8. The molecule has 0 spiro atoms. The van der Waals surface area contributed by atoms with Crippen LogP contribution in [0.15, 0.2) is 78.0 Å². The van der Waals surface area contributed by atoms with Gasteiger partial charge in [-0.1, -0.05) is 36.4 Å². The minimum absolute atomic E-state index is 0.193. The normalized spacial score (nSPS) is 15.3. The molecule has 0 aliphatic heterocycles. The van der Waals surface area contributed by atoms with E-state index in [9.17, 15) is 4.79 Å². The lowest BCUT2D eigenvalue weighted by Crippen LogP contribution is -2.00. The number of hydrogen-bond acceptors (Lipinski definition) is 4. The van der Waals surface area contributed by atoms with E-state index >= 15 is 0 Å². The fraction of sp³-hybridized carbons (Fsp3) is 0.115. The average molecular weight is 432 g/mol. The number of aryl methyl sites for hydroxylation is 1. The van der Waals surface area contributed by atoms with E-state index in [2.05, 4.69) is 48.6 Å². The molecular weight excluding hydrogens is 412 g/mol. The Morgan fingerprint density at radius 1 is 1.00 bits per heavy atom. The first-order chi connectivity index (χ1) is 16.3. The maximum Gasteiger partial charge on any atom is 0.276 e. The summed E-state index contributed by atoms with van der Waals surface area (Å²) in [5.74, 6) is 0.636. The van der Waals surface area contributed by atoms with E-state index in [1.54, 1.807) is 12.3 Å². The molecular formula is C26H20N6O. The minimum atomic E-state index is -0.247. The van der Waals surface area contributed by atoms with Gasteiger partial charge in [0, 0.05) is 34.2 Å². The first-order valence-corrected chi connectivity index (χ1v) is 10.9. The Kier molecular flexibility index (Phi) is 4.65. The monoisotopic (exact) mass is 432 g/mol. The zero-order valence-electron chi connectivity index (χ0n) is 17.7. The van der Waals surface area contributed by atoms with Crippen LogP contribution in [-0.2, 0) is 6.42 Å². The number of carbonyl (C=O) groups is 1. The van der Waals surface area contributed by atoms with Gasteiger partial charge in [-0.3, -0.25) is 15.0 Å². The minimum Gasteiger partial charge on any atom is -0.277 e. The summed E-state index contributed by atoms with van der Waals surface area (Å²) in [5, 5.41) is 15.3. The molecule has 1 atom stereocenters. The number of fused-ring (bicyclic) bond motifs is 2. The smallest absolute Gasteiger partial charge is 0.276 e. The van der Waals surface area contributed by atoms with Gasteiger partial charge in [-0.25, -0.2) is 9.98 Å². The van der Waals surface area contributed by atoms with Crippen molar-refractivity contribution >= 4 is 23.0 Å². The van der Waals surface area contributed by atoms with E-state index < -0.39 is 0 Å². The first kappa shape index (κ1) is 19.3. The second kappa shape index (κ2) is 7.94. The van der Waals surface area contributed by atoms with Crippen LogP contribution < -0.4 is 0 Å². The summed E-state index contributed by atoms with van der Waals surface area (Å²) in [6.45, 7) is 0. The van der Waals surface area contributed by atoms with Crippen LogP contribution in [0.4, 0.5) is 0 Å². The molecule has 2 aromatic heterocycles. The zero-order valence-corrected chi connectivity index (χ0v) is 17.7. The molecule has 1 amide bonds. The number of nitrogens with one attached hydrogen (secondary N) is 2. The van der Waals surface area contributed by atoms with E-state index in [-0.39, 0.29) is 11.8 Å². The standard InChI is InChI=1S/C26H20N6O/c33-26(27-14-20-9-8-16-4-1-2-7-21(16)20)19-6-3-5-17(12-19)24-22-13-18(25-28-15-29-32-25)10-11-23(22)30-31-24/h1-7,10-15,20H,8-9H2,(H,30,31)(H,28,29,32). The number of benzene rings is 3. The summed E-state index contributed by atoms with van der Waals surface area (Å²) >= 11 is 0. The summed E-state index contributed by atoms with van der Waals surface area (Å²) in [7, 11) is 0. The lowest BCUT2D eigenvalue weighted by molar-refractivity contribution is 0.100. The van der Waals surface area contributed by atoms with E-state index in [4.69, 9.17) is 0 Å². The van der Waals surface area contributed by atoms with Crippen LogP contribution in [0.2, 0.25) is 0 Å². The molecule has 1 aliphatic rings. The Morgan fingerprint density at radius 3 is 2.85 bits per heavy atom. The molecule has 2 heterocycles. The number of nitrogens with zero attached hydrogens (tertiary/aromatic N) is 4. The molecule has 1 aliphatic carbocycles. The number of aliphatic imine (C=N–C) groups is 1. The van der Waals surface area contributed by atoms with Crippen LogP contribution in [-0.4, -0.2) is 37.5 Å². The average Bonchev–Trinajstić information content (AvgIpc) is 3.62. The Morgan fingerprint density at radius 2 is 1.94 bits per heavy atom. The van der Waals surface area contributed by atoms with E-state index in [0.717, 1.165) is 40.6 Å². The van der Waals surface area contributed by atoms with Crippen LogP contribution in [0.3, 0.4) is 0 Å². The van der Waals surface area contributed by atoms with Gasteiger partial charge in [0.1, 0.15) is 6.33 Å². The zero-order chi connectivity index (χ0) is 22.2. The van der Waals surface area contributed by atoms with Crippen LogP contribution in [0.1, 0.15) is 33.8 Å². The van der Waals surface area contributed by atoms with Gasteiger partial charge < -0.3 is 0 Å². The van der Waals surface area contributed by atoms with Gasteiger partial charge in [0.05, 0.1) is 11.2 Å². The van der Waals surface area contributed by atoms with Gasteiger partial charge in [0.15, 0.2) is 5.82 Å². The van der Waals surface area contributed by atoms with E-state index in [1.807, 2.05) is 42.5 Å². The van der Waals surface area contributed by atoms with Crippen LogP contribution in [0.5, 0.6) is 0 Å². The maximum atomic E-state index is 12.9. The van der Waals surface area contributed by atoms with E-state index in [0.29, 0.717) is 11.4 Å². The molecule has 5 aromatic rings. The number of aromatic amines is 2. The SMILES string of the molecule is O=C(N=CC1CCc2ccccc21)c1cccc(-c2n[nH]c3ccc(-c4ncn[nH]4)cc23)c1. The number of H-pyrrole nitrogens is 2. The molecule has 3 aromatic carbocycles. The molecule has 33 heavy (non-hydrogen) atoms. The Bertz CT molecular complexity index is 1500. The third kappa shape index (κ3) is 3.53. The van der Waals surface area contributed by atoms with Gasteiger partial charge >= 0.3 is 0 Å². The van der Waals surface area contributed by atoms with Crippen LogP contribution in [0, 0.1) is 0 Å². The van der Waals surface area contributed by atoms with Crippen LogP contribution >= 0.6 is 0 Å². The highest BCUT2D eigenvalue weighted by molar-refractivity contribution is 6.02. The number of aromatic nitrogens is 5. The fourth-order valence-corrected chi connectivity index (χ4v) is 4.50. The quantitative estimate of drug-likeness (QED) is 0.392. The molecule has 0 radical (unpaired) electrons. The Labute approximate surface area is 189 Å². The van der Waals surface area contributed by atoms with Gasteiger partial charge in [0.2, 0.25) is 0 Å². The third-order valence-electron chi connectivity index (χ3n) is 6.19. The van der Waals surface area contributed by atoms with Crippen molar-refractivity contribution < 1.29 is 4.79 Å². The Balaban J connectivity index is 1.30. The first-order valence-electron chi connectivity index (χ1n) is 10.9. The molecule has 7 heteroatoms. The van der Waals surface area contributed by atoms with Crippen molar-refractivity contribution in [2.24, 2.45) is 4.99 Å². The van der Waals surface area contributed by atoms with Crippen molar-refractivity contribution in [3.8, 4) is 22.6 Å². The van der Waals surface area contributed by atoms with Gasteiger partial charge in [-0.2, -0.15) is 10.2 Å². The number of rotatable bonds is 4. The number of amides is 1. The van der Waals surface area contributed by atoms with Gasteiger partial charge in [-0.05, 0) is 54.3 Å². The van der Waals surface area contributed by atoms with Crippen molar-refractivity contribution in [3.05, 3.63) is 89.7 Å². The molecule has 6 rings (SSSR count). The lowest BCUT2D eigenvalue weighted by Gasteiger charge is -2.05. The molecule has 7 nitrogen and oxygen atoms in total. The third-order valence-corrected chi connectivity index (χ3v) is 6.19. The molecule has 0 saturated carbocycles. The number of hydrogen-bond donors (Lipinski definition) is 2. The van der Waals surface area contributed by atoms with Crippen LogP contribution in [0.25, 0.3) is 33.5 Å². The largest absolute Gasteiger partial charge is 0.277 e. The number of carbonyl (C=O) groups excluding carboxylic acids is 1. The predicted octanol–water partition coefficient (Wildman–Crippen LogP) is 4.96. The second-order valence-electron chi connectivity index (χ2n) is 8.17. The summed E-state index contributed by atoms with van der Waals surface area (Å²) < 4.78 is 0. The highest BCUT2D eigenvalue weighted by Crippen LogP contribution is 2.32. The second-order valence-corrected chi connectivity index (χ2v) is 8.17. The van der Waals surface area contributed by atoms with Crippen molar-refractivity contribution in [1.29, 1.82) is 0 Å². The topological polar surface area (TPSA) is 99.7 Å². The Hall–Kier alpha value is -4.39. The predicted molar refractivity (Wildman–Crippen MR) is 127 cm³/mol. The highest BCUT2D eigenvalue weighted by atomic mass is 16.1. The van der Waals surface area contributed by atoms with E-state index in [1.165, 1.54) is 17.5 Å². The van der Waals surface area contributed by atoms with Gasteiger partial charge in [-0.15, -0.1) is 0 Å². The lowest BCUT2D eigenvalue weighted by atomic mass is 10.0. The molecule has 0 bridgehead atoms. The maximum absolute atomic E-state index is 12.9. The molecule has 0 fully saturated rings. The van der Waals surface area contributed by atoms with Crippen molar-refractivity contribution in [2.75, 3.05) is 0 Å². The van der Waals surface area contributed by atoms with Crippen molar-refractivity contribution in [1.82, 2.24) is 25.4 Å². The highest BCUT2D eigenvalue weighted by Gasteiger charge is 2.20.